The van der Waals surface area contributed by atoms with Crippen molar-refractivity contribution in [3.63, 3.8) is 0 Å². The third kappa shape index (κ3) is 1.80. The van der Waals surface area contributed by atoms with Gasteiger partial charge in [-0.05, 0) is 13.8 Å². The molecular weight excluding hydrogens is 146 g/mol. The van der Waals surface area contributed by atoms with Crippen LogP contribution in [-0.4, -0.2) is 17.8 Å². The van der Waals surface area contributed by atoms with Crippen LogP contribution in [0.15, 0.2) is 12.0 Å². The Kier molecular flexibility index (Phi) is 1.94. The molecule has 1 fully saturated rings. The summed E-state index contributed by atoms with van der Waals surface area (Å²) in [5, 5.41) is 2.70. The summed E-state index contributed by atoms with van der Waals surface area (Å²) in [7, 11) is 0. The second-order valence-corrected chi connectivity index (χ2v) is 2.41. The van der Waals surface area contributed by atoms with Crippen LogP contribution in [0.3, 0.4) is 0 Å². The van der Waals surface area contributed by atoms with Crippen LogP contribution >= 0.6 is 0 Å². The van der Waals surface area contributed by atoms with Crippen molar-refractivity contribution in [2.24, 2.45) is 0 Å². The third-order valence-corrected chi connectivity index (χ3v) is 1.26. The van der Waals surface area contributed by atoms with Crippen molar-refractivity contribution >= 4 is 11.8 Å². The first-order chi connectivity index (χ1) is 5.09. The zero-order valence-electron chi connectivity index (χ0n) is 6.38. The maximum atomic E-state index is 10.7. The molecule has 0 spiro atoms. The topological polar surface area (TPSA) is 55.4 Å². The first-order valence-electron chi connectivity index (χ1n) is 3.30. The zero-order chi connectivity index (χ0) is 8.43. The number of hydrogen-bond donors (Lipinski definition) is 1. The Morgan fingerprint density at radius 3 is 2.73 bits per heavy atom. The summed E-state index contributed by atoms with van der Waals surface area (Å²) in [6.07, 6.45) is 1.25. The molecule has 11 heavy (non-hydrogen) atoms. The van der Waals surface area contributed by atoms with Gasteiger partial charge in [0.1, 0.15) is 6.04 Å². The second-order valence-electron chi connectivity index (χ2n) is 2.41. The van der Waals surface area contributed by atoms with Gasteiger partial charge in [-0.1, -0.05) is 0 Å². The summed E-state index contributed by atoms with van der Waals surface area (Å²) in [6.45, 7) is 3.06. The Balaban J connectivity index is 2.67. The van der Waals surface area contributed by atoms with E-state index in [0.29, 0.717) is 0 Å². The van der Waals surface area contributed by atoms with Crippen molar-refractivity contribution in [2.45, 2.75) is 19.9 Å². The predicted octanol–water partition coefficient (Wildman–Crippen LogP) is -0.0483. The van der Waals surface area contributed by atoms with Crippen molar-refractivity contribution in [1.82, 2.24) is 5.32 Å². The number of hydrogen-bond acceptors (Lipinski definition) is 4. The summed E-state index contributed by atoms with van der Waals surface area (Å²) in [6, 6.07) is -0.347. The lowest BCUT2D eigenvalue weighted by molar-refractivity contribution is -0.136. The molecule has 0 aromatic carbocycles. The normalized spacial score (nSPS) is 26.5. The summed E-state index contributed by atoms with van der Waals surface area (Å²) < 4.78 is 4.67. The van der Waals surface area contributed by atoms with Gasteiger partial charge in [-0.2, -0.15) is 0 Å². The van der Waals surface area contributed by atoms with E-state index < -0.39 is 0 Å². The van der Waals surface area contributed by atoms with Gasteiger partial charge < -0.3 is 10.1 Å². The molecule has 0 amide bonds. The molecule has 4 heteroatoms. The fraction of sp³-hybridized carbons (Fsp3) is 0.429. The van der Waals surface area contributed by atoms with Crippen LogP contribution < -0.4 is 5.32 Å². The Morgan fingerprint density at radius 2 is 2.36 bits per heavy atom. The molecule has 1 rings (SSSR count). The highest BCUT2D eigenvalue weighted by Crippen LogP contribution is 2.06. The largest absolute Gasteiger partial charge is 0.408 e. The monoisotopic (exact) mass is 155 g/mol. The SMILES string of the molecule is CC(=O)/C=C1/NC(C)C(=O)O1. The fourth-order valence-electron chi connectivity index (χ4n) is 0.754. The Bertz CT molecular complexity index is 232. The molecule has 1 aliphatic heterocycles. The van der Waals surface area contributed by atoms with Gasteiger partial charge in [-0.3, -0.25) is 4.79 Å². The summed E-state index contributed by atoms with van der Waals surface area (Å²) in [4.78, 5) is 21.2. The van der Waals surface area contributed by atoms with E-state index in [1.807, 2.05) is 0 Å². The minimum absolute atomic E-state index is 0.144. The predicted molar refractivity (Wildman–Crippen MR) is 37.5 cm³/mol. The first-order valence-corrected chi connectivity index (χ1v) is 3.30. The van der Waals surface area contributed by atoms with E-state index in [1.54, 1.807) is 6.92 Å². The smallest absolute Gasteiger partial charge is 0.334 e. The molecule has 1 saturated heterocycles. The van der Waals surface area contributed by atoms with Gasteiger partial charge in [-0.15, -0.1) is 0 Å². The van der Waals surface area contributed by atoms with Crippen LogP contribution in [0.4, 0.5) is 0 Å². The molecule has 0 bridgehead atoms. The van der Waals surface area contributed by atoms with Crippen LogP contribution in [-0.2, 0) is 14.3 Å². The maximum absolute atomic E-state index is 10.7. The molecule has 0 aliphatic carbocycles. The number of ketones is 1. The number of nitrogens with one attached hydrogen (secondary N) is 1. The van der Waals surface area contributed by atoms with Crippen LogP contribution in [0, 0.1) is 0 Å². The van der Waals surface area contributed by atoms with E-state index >= 15 is 0 Å². The number of esters is 1. The fourth-order valence-corrected chi connectivity index (χ4v) is 0.754. The molecule has 1 aliphatic rings. The zero-order valence-corrected chi connectivity index (χ0v) is 6.38. The van der Waals surface area contributed by atoms with Crippen molar-refractivity contribution < 1.29 is 14.3 Å². The van der Waals surface area contributed by atoms with E-state index in [-0.39, 0.29) is 23.7 Å². The van der Waals surface area contributed by atoms with Crippen LogP contribution in [0.5, 0.6) is 0 Å². The van der Waals surface area contributed by atoms with Crippen molar-refractivity contribution in [3.05, 3.63) is 12.0 Å². The summed E-state index contributed by atoms with van der Waals surface area (Å²) in [5.41, 5.74) is 0. The molecule has 1 unspecified atom stereocenters. The molecule has 60 valence electrons. The van der Waals surface area contributed by atoms with Crippen LogP contribution in [0.1, 0.15) is 13.8 Å². The number of rotatable bonds is 1. The first kappa shape index (κ1) is 7.78. The maximum Gasteiger partial charge on any atom is 0.334 e. The molecule has 1 N–H and O–H groups in total. The Labute approximate surface area is 64.2 Å². The molecule has 1 heterocycles. The third-order valence-electron chi connectivity index (χ3n) is 1.26. The van der Waals surface area contributed by atoms with Crippen molar-refractivity contribution in [2.75, 3.05) is 0 Å². The van der Waals surface area contributed by atoms with Crippen LogP contribution in [0.2, 0.25) is 0 Å². The second kappa shape index (κ2) is 2.74. The van der Waals surface area contributed by atoms with Crippen molar-refractivity contribution in [3.8, 4) is 0 Å². The van der Waals surface area contributed by atoms with Gasteiger partial charge in [0.15, 0.2) is 5.78 Å². The van der Waals surface area contributed by atoms with Gasteiger partial charge in [0.05, 0.1) is 0 Å². The van der Waals surface area contributed by atoms with E-state index in [0.717, 1.165) is 0 Å². The average Bonchev–Trinajstić information content (AvgIpc) is 2.10. The molecular formula is C7H9NO3. The summed E-state index contributed by atoms with van der Waals surface area (Å²) >= 11 is 0. The quantitative estimate of drug-likeness (QED) is 0.426. The van der Waals surface area contributed by atoms with Gasteiger partial charge in [0.2, 0.25) is 5.88 Å². The standard InChI is InChI=1S/C7H9NO3/c1-4(9)3-6-8-5(2)7(10)11-6/h3,5,8H,1-2H3/b6-3-. The van der Waals surface area contributed by atoms with Crippen LogP contribution in [0.25, 0.3) is 0 Å². The highest BCUT2D eigenvalue weighted by Gasteiger charge is 2.25. The lowest BCUT2D eigenvalue weighted by Crippen LogP contribution is -2.21. The number of carbonyl (C=O) groups is 2. The number of carbonyl (C=O) groups excluding carboxylic acids is 2. The number of ether oxygens (including phenoxy) is 1. The van der Waals surface area contributed by atoms with E-state index in [4.69, 9.17) is 0 Å². The molecule has 0 aromatic heterocycles. The summed E-state index contributed by atoms with van der Waals surface area (Å²) in [5.74, 6) is -0.248. The van der Waals surface area contributed by atoms with Gasteiger partial charge in [-0.25, -0.2) is 4.79 Å². The van der Waals surface area contributed by atoms with Gasteiger partial charge in [0.25, 0.3) is 0 Å². The van der Waals surface area contributed by atoms with Gasteiger partial charge in [0, 0.05) is 6.08 Å². The molecule has 0 saturated carbocycles. The minimum Gasteiger partial charge on any atom is -0.408 e. The number of cyclic esters (lactones) is 1. The molecule has 1 atom stereocenters. The lowest BCUT2D eigenvalue weighted by Gasteiger charge is -1.94. The molecule has 4 nitrogen and oxygen atoms in total. The van der Waals surface area contributed by atoms with E-state index in [1.165, 1.54) is 13.0 Å². The highest BCUT2D eigenvalue weighted by molar-refractivity contribution is 5.89. The van der Waals surface area contributed by atoms with Crippen molar-refractivity contribution in [1.29, 1.82) is 0 Å². The van der Waals surface area contributed by atoms with E-state index in [2.05, 4.69) is 10.1 Å². The van der Waals surface area contributed by atoms with Gasteiger partial charge >= 0.3 is 5.97 Å². The lowest BCUT2D eigenvalue weighted by atomic mass is 10.4. The molecule has 0 radical (unpaired) electrons. The highest BCUT2D eigenvalue weighted by atomic mass is 16.6. The Hall–Kier alpha value is -1.32. The van der Waals surface area contributed by atoms with E-state index in [9.17, 15) is 9.59 Å². The minimum atomic E-state index is -0.350. The average molecular weight is 155 g/mol. The molecule has 0 aromatic rings. The number of allylic oxidation sites excluding steroid dienone is 1. The Morgan fingerprint density at radius 1 is 1.73 bits per heavy atom.